The number of nitrogens with two attached hydrogens (primary N) is 1. The number of anilines is 3. The van der Waals surface area contributed by atoms with Crippen LogP contribution in [0.5, 0.6) is 0 Å². The normalized spacial score (nSPS) is 10.7. The van der Waals surface area contributed by atoms with Gasteiger partial charge in [0.1, 0.15) is 5.82 Å². The van der Waals surface area contributed by atoms with Crippen molar-refractivity contribution in [3.8, 4) is 0 Å². The molecule has 7 nitrogen and oxygen atoms in total. The fraction of sp³-hybridized carbons (Fsp3) is 0.0500. The molecule has 27 heavy (non-hydrogen) atoms. The average molecular weight is 358 g/mol. The van der Waals surface area contributed by atoms with Gasteiger partial charge in [0.05, 0.1) is 11.2 Å². The predicted molar refractivity (Wildman–Crippen MR) is 106 cm³/mol. The van der Waals surface area contributed by atoms with E-state index in [2.05, 4.69) is 20.7 Å². The first-order valence-corrected chi connectivity index (χ1v) is 8.48. The summed E-state index contributed by atoms with van der Waals surface area (Å²) >= 11 is 0. The number of nitrogens with zero attached hydrogens (tertiary/aromatic N) is 3. The van der Waals surface area contributed by atoms with Gasteiger partial charge in [-0.2, -0.15) is 5.10 Å². The number of carbonyl (C=O) groups is 1. The monoisotopic (exact) mass is 358 g/mol. The summed E-state index contributed by atoms with van der Waals surface area (Å²) in [6.45, 7) is 0.563. The summed E-state index contributed by atoms with van der Waals surface area (Å²) in [5, 5.41) is 10.4. The number of hydrogen-bond acceptors (Lipinski definition) is 5. The molecule has 3 aromatic heterocycles. The molecule has 0 aliphatic heterocycles. The molecule has 4 aromatic rings. The summed E-state index contributed by atoms with van der Waals surface area (Å²) in [5.41, 5.74) is 9.56. The molecule has 0 unspecified atom stereocenters. The molecule has 0 aliphatic rings. The molecule has 3 heterocycles. The minimum Gasteiger partial charge on any atom is -0.382 e. The van der Waals surface area contributed by atoms with Crippen LogP contribution in [0.4, 0.5) is 17.2 Å². The van der Waals surface area contributed by atoms with Gasteiger partial charge in [0.2, 0.25) is 0 Å². The Morgan fingerprint density at radius 1 is 1.07 bits per heavy atom. The van der Waals surface area contributed by atoms with Crippen LogP contribution in [0.15, 0.2) is 73.1 Å². The largest absolute Gasteiger partial charge is 0.382 e. The van der Waals surface area contributed by atoms with Crippen LogP contribution in [-0.2, 0) is 6.54 Å². The molecule has 0 radical (unpaired) electrons. The van der Waals surface area contributed by atoms with E-state index in [1.165, 1.54) is 0 Å². The van der Waals surface area contributed by atoms with Gasteiger partial charge in [-0.25, -0.2) is 9.50 Å². The van der Waals surface area contributed by atoms with E-state index in [1.54, 1.807) is 16.8 Å². The minimum atomic E-state index is -0.250. The molecule has 7 heteroatoms. The highest BCUT2D eigenvalue weighted by Crippen LogP contribution is 2.17. The maximum atomic E-state index is 12.5. The second kappa shape index (κ2) is 7.17. The Kier molecular flexibility index (Phi) is 4.40. The first kappa shape index (κ1) is 16.6. The van der Waals surface area contributed by atoms with Crippen LogP contribution in [0.25, 0.3) is 5.52 Å². The lowest BCUT2D eigenvalue weighted by molar-refractivity contribution is 0.102. The van der Waals surface area contributed by atoms with Crippen LogP contribution in [0.3, 0.4) is 0 Å². The average Bonchev–Trinajstić information content (AvgIpc) is 3.12. The second-order valence-electron chi connectivity index (χ2n) is 6.04. The van der Waals surface area contributed by atoms with Crippen LogP contribution in [0.2, 0.25) is 0 Å². The number of pyridine rings is 2. The van der Waals surface area contributed by atoms with Crippen molar-refractivity contribution in [1.29, 1.82) is 0 Å². The van der Waals surface area contributed by atoms with Crippen molar-refractivity contribution in [2.75, 3.05) is 16.4 Å². The number of amides is 1. The summed E-state index contributed by atoms with van der Waals surface area (Å²) in [5.74, 6) is 0.203. The molecule has 4 N–H and O–H groups in total. The molecule has 0 fully saturated rings. The Morgan fingerprint density at radius 2 is 2.00 bits per heavy atom. The summed E-state index contributed by atoms with van der Waals surface area (Å²) < 4.78 is 1.67. The summed E-state index contributed by atoms with van der Waals surface area (Å²) in [6, 6.07) is 18.7. The highest BCUT2D eigenvalue weighted by atomic mass is 16.1. The van der Waals surface area contributed by atoms with E-state index in [1.807, 2.05) is 60.8 Å². The molecule has 0 bridgehead atoms. The molecule has 0 saturated heterocycles. The van der Waals surface area contributed by atoms with E-state index in [4.69, 9.17) is 5.73 Å². The maximum absolute atomic E-state index is 12.5. The fourth-order valence-electron chi connectivity index (χ4n) is 2.77. The van der Waals surface area contributed by atoms with E-state index >= 15 is 0 Å². The van der Waals surface area contributed by atoms with Gasteiger partial charge in [0.15, 0.2) is 5.69 Å². The fourth-order valence-corrected chi connectivity index (χ4v) is 2.77. The van der Waals surface area contributed by atoms with E-state index < -0.39 is 0 Å². The SMILES string of the molecule is Nc1ncccc1NCc1cccc(NC(=O)c2cc3ccccn3n2)c1. The lowest BCUT2D eigenvalue weighted by atomic mass is 10.2. The van der Waals surface area contributed by atoms with Gasteiger partial charge in [0.25, 0.3) is 5.91 Å². The lowest BCUT2D eigenvalue weighted by Gasteiger charge is -2.10. The smallest absolute Gasteiger partial charge is 0.276 e. The van der Waals surface area contributed by atoms with Gasteiger partial charge in [-0.15, -0.1) is 0 Å². The topological polar surface area (TPSA) is 97.3 Å². The van der Waals surface area contributed by atoms with Crippen LogP contribution in [0.1, 0.15) is 16.1 Å². The van der Waals surface area contributed by atoms with Crippen molar-refractivity contribution < 1.29 is 4.79 Å². The molecule has 0 spiro atoms. The quantitative estimate of drug-likeness (QED) is 0.509. The summed E-state index contributed by atoms with van der Waals surface area (Å²) in [4.78, 5) is 16.5. The van der Waals surface area contributed by atoms with Crippen LogP contribution >= 0.6 is 0 Å². The van der Waals surface area contributed by atoms with Crippen molar-refractivity contribution in [3.63, 3.8) is 0 Å². The molecular weight excluding hydrogens is 340 g/mol. The molecule has 0 atom stereocenters. The van der Waals surface area contributed by atoms with Gasteiger partial charge >= 0.3 is 0 Å². The molecular formula is C20H18N6O. The van der Waals surface area contributed by atoms with Crippen LogP contribution in [-0.4, -0.2) is 20.5 Å². The third-order valence-corrected chi connectivity index (χ3v) is 4.11. The Labute approximate surface area is 155 Å². The number of hydrogen-bond donors (Lipinski definition) is 3. The molecule has 134 valence electrons. The second-order valence-corrected chi connectivity index (χ2v) is 6.04. The Morgan fingerprint density at radius 3 is 2.85 bits per heavy atom. The van der Waals surface area contributed by atoms with Gasteiger partial charge in [-0.05, 0) is 48.0 Å². The summed E-state index contributed by atoms with van der Waals surface area (Å²) in [7, 11) is 0. The number of benzene rings is 1. The molecule has 0 aliphatic carbocycles. The van der Waals surface area contributed by atoms with Gasteiger partial charge < -0.3 is 16.4 Å². The van der Waals surface area contributed by atoms with E-state index in [0.717, 1.165) is 16.8 Å². The first-order chi connectivity index (χ1) is 13.2. The van der Waals surface area contributed by atoms with Crippen LogP contribution < -0.4 is 16.4 Å². The Balaban J connectivity index is 1.45. The standard InChI is InChI=1S/C20H18N6O/c21-19-17(8-4-9-22-19)23-13-14-5-3-6-15(11-14)24-20(27)18-12-16-7-1-2-10-26(16)25-18/h1-12,23H,13H2,(H2,21,22)(H,24,27). The zero-order valence-electron chi connectivity index (χ0n) is 14.5. The third kappa shape index (κ3) is 3.72. The van der Waals surface area contributed by atoms with Crippen molar-refractivity contribution >= 4 is 28.6 Å². The lowest BCUT2D eigenvalue weighted by Crippen LogP contribution is -2.13. The van der Waals surface area contributed by atoms with E-state index in [9.17, 15) is 4.79 Å². The highest BCUT2D eigenvalue weighted by Gasteiger charge is 2.11. The molecule has 0 saturated carbocycles. The van der Waals surface area contributed by atoms with E-state index in [-0.39, 0.29) is 5.91 Å². The van der Waals surface area contributed by atoms with Crippen molar-refractivity contribution in [2.45, 2.75) is 6.54 Å². The molecule has 1 amide bonds. The van der Waals surface area contributed by atoms with Gasteiger partial charge in [-0.3, -0.25) is 4.79 Å². The highest BCUT2D eigenvalue weighted by molar-refractivity contribution is 6.03. The number of rotatable bonds is 5. The van der Waals surface area contributed by atoms with Crippen molar-refractivity contribution in [2.24, 2.45) is 0 Å². The van der Waals surface area contributed by atoms with Gasteiger partial charge in [0, 0.05) is 24.6 Å². The third-order valence-electron chi connectivity index (χ3n) is 4.11. The Hall–Kier alpha value is -3.87. The molecule has 4 rings (SSSR count). The van der Waals surface area contributed by atoms with Crippen molar-refractivity contribution in [1.82, 2.24) is 14.6 Å². The zero-order valence-corrected chi connectivity index (χ0v) is 14.5. The zero-order chi connectivity index (χ0) is 18.6. The predicted octanol–water partition coefficient (Wildman–Crippen LogP) is 3.18. The first-order valence-electron chi connectivity index (χ1n) is 8.48. The van der Waals surface area contributed by atoms with Gasteiger partial charge in [-0.1, -0.05) is 18.2 Å². The number of aromatic nitrogens is 3. The molecule has 1 aromatic carbocycles. The van der Waals surface area contributed by atoms with Crippen LogP contribution in [0, 0.1) is 0 Å². The number of carbonyl (C=O) groups excluding carboxylic acids is 1. The Bertz CT molecular complexity index is 1070. The van der Waals surface area contributed by atoms with Crippen molar-refractivity contribution in [3.05, 3.63) is 84.3 Å². The maximum Gasteiger partial charge on any atom is 0.276 e. The number of nitrogens with one attached hydrogen (secondary N) is 2. The number of nitrogen functional groups attached to an aromatic ring is 1. The number of fused-ring (bicyclic) bond motifs is 1. The summed E-state index contributed by atoms with van der Waals surface area (Å²) in [6.07, 6.45) is 3.46. The minimum absolute atomic E-state index is 0.250. The van der Waals surface area contributed by atoms with E-state index in [0.29, 0.717) is 23.7 Å².